The Labute approximate surface area is 120 Å². The van der Waals surface area contributed by atoms with E-state index in [0.717, 1.165) is 6.07 Å². The maximum absolute atomic E-state index is 13.9. The highest BCUT2D eigenvalue weighted by Crippen LogP contribution is 2.25. The zero-order chi connectivity index (χ0) is 15.6. The quantitative estimate of drug-likeness (QED) is 0.854. The monoisotopic (exact) mass is 292 g/mol. The average Bonchev–Trinajstić information content (AvgIpc) is 2.43. The maximum atomic E-state index is 13.9. The molecule has 0 saturated carbocycles. The molecule has 0 aliphatic heterocycles. The Morgan fingerprint density at radius 2 is 1.95 bits per heavy atom. The highest BCUT2D eigenvalue weighted by Gasteiger charge is 2.19. The van der Waals surface area contributed by atoms with Crippen LogP contribution in [0.1, 0.15) is 15.9 Å². The molecule has 4 nitrogen and oxygen atoms in total. The van der Waals surface area contributed by atoms with Crippen LogP contribution in [0.5, 0.6) is 5.75 Å². The Morgan fingerprint density at radius 1 is 1.24 bits per heavy atom. The Morgan fingerprint density at radius 3 is 2.57 bits per heavy atom. The minimum atomic E-state index is -0.919. The van der Waals surface area contributed by atoms with Gasteiger partial charge in [-0.2, -0.15) is 0 Å². The van der Waals surface area contributed by atoms with Crippen LogP contribution in [0.2, 0.25) is 0 Å². The van der Waals surface area contributed by atoms with E-state index in [1.165, 1.54) is 32.2 Å². The molecule has 0 bridgehead atoms. The fourth-order valence-corrected chi connectivity index (χ4v) is 1.87. The average molecular weight is 292 g/mol. The third-order valence-electron chi connectivity index (χ3n) is 3.00. The topological polar surface area (TPSA) is 64.3 Å². The molecule has 110 valence electrons. The summed E-state index contributed by atoms with van der Waals surface area (Å²) in [5.41, 5.74) is 5.90. The zero-order valence-corrected chi connectivity index (χ0v) is 11.5. The highest BCUT2D eigenvalue weighted by atomic mass is 19.1. The van der Waals surface area contributed by atoms with Gasteiger partial charge in [-0.3, -0.25) is 4.79 Å². The van der Waals surface area contributed by atoms with Crippen molar-refractivity contribution in [2.45, 2.75) is 6.92 Å². The number of aryl methyl sites for hydroxylation is 1. The first kappa shape index (κ1) is 14.8. The Balaban J connectivity index is 2.30. The van der Waals surface area contributed by atoms with E-state index in [2.05, 4.69) is 5.32 Å². The fraction of sp³-hybridized carbons (Fsp3) is 0.133. The summed E-state index contributed by atoms with van der Waals surface area (Å²) in [6.45, 7) is 1.46. The molecule has 0 aromatic heterocycles. The summed E-state index contributed by atoms with van der Waals surface area (Å²) in [5, 5.41) is 2.40. The lowest BCUT2D eigenvalue weighted by Gasteiger charge is -2.10. The summed E-state index contributed by atoms with van der Waals surface area (Å²) >= 11 is 0. The van der Waals surface area contributed by atoms with E-state index < -0.39 is 23.1 Å². The number of hydrogen-bond acceptors (Lipinski definition) is 3. The summed E-state index contributed by atoms with van der Waals surface area (Å²) < 4.78 is 32.5. The van der Waals surface area contributed by atoms with Crippen LogP contribution in [-0.2, 0) is 0 Å². The molecule has 2 aromatic rings. The first-order valence-electron chi connectivity index (χ1n) is 6.13. The number of nitrogens with two attached hydrogens (primary N) is 1. The van der Waals surface area contributed by atoms with Crippen molar-refractivity contribution in [3.05, 3.63) is 53.1 Å². The van der Waals surface area contributed by atoms with Gasteiger partial charge in [0.1, 0.15) is 22.9 Å². The molecule has 6 heteroatoms. The molecule has 0 aliphatic carbocycles. The van der Waals surface area contributed by atoms with Crippen molar-refractivity contribution in [1.82, 2.24) is 0 Å². The van der Waals surface area contributed by atoms with Gasteiger partial charge >= 0.3 is 0 Å². The number of halogens is 2. The maximum Gasteiger partial charge on any atom is 0.261 e. The molecule has 2 aromatic carbocycles. The number of amides is 1. The molecule has 2 rings (SSSR count). The van der Waals surface area contributed by atoms with Gasteiger partial charge in [0.2, 0.25) is 0 Å². The van der Waals surface area contributed by atoms with Crippen LogP contribution in [0.3, 0.4) is 0 Å². The second-order valence-corrected chi connectivity index (χ2v) is 4.46. The van der Waals surface area contributed by atoms with Crippen LogP contribution in [0.25, 0.3) is 0 Å². The van der Waals surface area contributed by atoms with Gasteiger partial charge in [-0.25, -0.2) is 8.78 Å². The molecule has 0 radical (unpaired) electrons. The lowest BCUT2D eigenvalue weighted by Crippen LogP contribution is -2.16. The number of hydrogen-bond donors (Lipinski definition) is 2. The van der Waals surface area contributed by atoms with E-state index in [1.807, 2.05) is 0 Å². The fourth-order valence-electron chi connectivity index (χ4n) is 1.87. The third-order valence-corrected chi connectivity index (χ3v) is 3.00. The van der Waals surface area contributed by atoms with Crippen LogP contribution in [-0.4, -0.2) is 13.0 Å². The molecule has 0 atom stereocenters. The van der Waals surface area contributed by atoms with Crippen molar-refractivity contribution >= 4 is 17.3 Å². The summed E-state index contributed by atoms with van der Waals surface area (Å²) in [6.07, 6.45) is 0. The molecule has 0 unspecified atom stereocenters. The van der Waals surface area contributed by atoms with Crippen LogP contribution in [0.15, 0.2) is 30.3 Å². The van der Waals surface area contributed by atoms with Gasteiger partial charge in [0, 0.05) is 5.69 Å². The number of carbonyl (C=O) groups is 1. The highest BCUT2D eigenvalue weighted by molar-refractivity contribution is 6.05. The smallest absolute Gasteiger partial charge is 0.261 e. The van der Waals surface area contributed by atoms with E-state index in [0.29, 0.717) is 17.1 Å². The van der Waals surface area contributed by atoms with Crippen molar-refractivity contribution in [3.8, 4) is 5.75 Å². The Hall–Kier alpha value is -2.63. The van der Waals surface area contributed by atoms with Crippen LogP contribution < -0.4 is 15.8 Å². The lowest BCUT2D eigenvalue weighted by atomic mass is 10.1. The molecule has 0 aliphatic rings. The number of benzene rings is 2. The number of nitrogen functional groups attached to an aromatic ring is 1. The standard InChI is InChI=1S/C15H14F2N2O2/c1-8-3-5-10(16)13(14(8)17)15(20)19-9-4-6-12(21-2)11(18)7-9/h3-7H,18H2,1-2H3,(H,19,20). The third kappa shape index (κ3) is 2.94. The number of nitrogens with one attached hydrogen (secondary N) is 1. The van der Waals surface area contributed by atoms with Crippen molar-refractivity contribution < 1.29 is 18.3 Å². The van der Waals surface area contributed by atoms with Crippen LogP contribution >= 0.6 is 0 Å². The van der Waals surface area contributed by atoms with Crippen molar-refractivity contribution in [3.63, 3.8) is 0 Å². The normalized spacial score (nSPS) is 10.3. The van der Waals surface area contributed by atoms with E-state index in [1.54, 1.807) is 6.07 Å². The molecule has 3 N–H and O–H groups in total. The molecule has 0 heterocycles. The molecule has 21 heavy (non-hydrogen) atoms. The molecule has 0 fully saturated rings. The van der Waals surface area contributed by atoms with Gasteiger partial charge < -0.3 is 15.8 Å². The van der Waals surface area contributed by atoms with Crippen LogP contribution in [0.4, 0.5) is 20.2 Å². The molecule has 1 amide bonds. The van der Waals surface area contributed by atoms with Crippen molar-refractivity contribution in [2.75, 3.05) is 18.2 Å². The van der Waals surface area contributed by atoms with E-state index in [4.69, 9.17) is 10.5 Å². The Bertz CT molecular complexity index is 702. The number of anilines is 2. The summed E-state index contributed by atoms with van der Waals surface area (Å²) in [7, 11) is 1.46. The van der Waals surface area contributed by atoms with Gasteiger partial charge in [-0.05, 0) is 36.8 Å². The van der Waals surface area contributed by atoms with Gasteiger partial charge in [0.15, 0.2) is 0 Å². The molecule has 0 spiro atoms. The zero-order valence-electron chi connectivity index (χ0n) is 11.5. The number of ether oxygens (including phenoxy) is 1. The number of carbonyl (C=O) groups excluding carboxylic acids is 1. The van der Waals surface area contributed by atoms with Gasteiger partial charge in [0.25, 0.3) is 5.91 Å². The predicted molar refractivity (Wildman–Crippen MR) is 76.5 cm³/mol. The van der Waals surface area contributed by atoms with Gasteiger partial charge in [-0.15, -0.1) is 0 Å². The van der Waals surface area contributed by atoms with Crippen LogP contribution in [0, 0.1) is 18.6 Å². The van der Waals surface area contributed by atoms with Crippen molar-refractivity contribution in [1.29, 1.82) is 0 Å². The largest absolute Gasteiger partial charge is 0.495 e. The lowest BCUT2D eigenvalue weighted by molar-refractivity contribution is 0.101. The molecular formula is C15H14F2N2O2. The minimum Gasteiger partial charge on any atom is -0.495 e. The summed E-state index contributed by atoms with van der Waals surface area (Å²) in [4.78, 5) is 12.0. The van der Waals surface area contributed by atoms with E-state index in [-0.39, 0.29) is 5.56 Å². The minimum absolute atomic E-state index is 0.191. The van der Waals surface area contributed by atoms with Gasteiger partial charge in [-0.1, -0.05) is 6.07 Å². The SMILES string of the molecule is COc1ccc(NC(=O)c2c(F)ccc(C)c2F)cc1N. The summed E-state index contributed by atoms with van der Waals surface area (Å²) in [6, 6.07) is 6.84. The molecule has 0 saturated heterocycles. The number of methoxy groups -OCH3 is 1. The predicted octanol–water partition coefficient (Wildman–Crippen LogP) is 3.12. The second-order valence-electron chi connectivity index (χ2n) is 4.46. The second kappa shape index (κ2) is 5.78. The van der Waals surface area contributed by atoms with E-state index >= 15 is 0 Å². The summed E-state index contributed by atoms with van der Waals surface area (Å²) in [5.74, 6) is -2.23. The first-order valence-corrected chi connectivity index (χ1v) is 6.13. The van der Waals surface area contributed by atoms with Gasteiger partial charge in [0.05, 0.1) is 12.8 Å². The first-order chi connectivity index (χ1) is 9.93. The Kier molecular flexibility index (Phi) is 4.07. The van der Waals surface area contributed by atoms with E-state index in [9.17, 15) is 13.6 Å². The van der Waals surface area contributed by atoms with Crippen molar-refractivity contribution in [2.24, 2.45) is 0 Å². The molecular weight excluding hydrogens is 278 g/mol. The number of rotatable bonds is 3.